The fourth-order valence-corrected chi connectivity index (χ4v) is 5.64. The molecule has 2 heterocycles. The Hall–Kier alpha value is -1.85. The van der Waals surface area contributed by atoms with Gasteiger partial charge in [0.1, 0.15) is 0 Å². The molecule has 1 saturated heterocycles. The maximum Gasteiger partial charge on any atom is 0.220 e. The maximum absolute atomic E-state index is 12.4. The topological polar surface area (TPSA) is 50.2 Å². The average Bonchev–Trinajstić information content (AvgIpc) is 3.37. The van der Waals surface area contributed by atoms with Crippen LogP contribution >= 0.6 is 12.4 Å². The summed E-state index contributed by atoms with van der Waals surface area (Å²) in [6.45, 7) is 8.24. The first-order valence-electron chi connectivity index (χ1n) is 12.1. The SMILES string of the molecule is Cc1cc(C)n(CCCC(=O)NC2CCN(CC3(c4ccccc4)CCCC3)CC2)n1.Cl. The number of piperidine rings is 1. The van der Waals surface area contributed by atoms with E-state index >= 15 is 0 Å². The summed E-state index contributed by atoms with van der Waals surface area (Å²) >= 11 is 0. The molecule has 2 aliphatic rings. The molecule has 1 aliphatic heterocycles. The van der Waals surface area contributed by atoms with Gasteiger partial charge in [0.25, 0.3) is 0 Å². The standard InChI is InChI=1S/C26H38N4O.ClH/c1-21-19-22(2)30(28-21)16-8-11-25(31)27-24-12-17-29(18-13-24)20-26(14-6-7-15-26)23-9-4-3-5-10-23;/h3-5,9-10,19,24H,6-8,11-18,20H2,1-2H3,(H,27,31);1H. The molecule has 5 nitrogen and oxygen atoms in total. The molecule has 0 atom stereocenters. The summed E-state index contributed by atoms with van der Waals surface area (Å²) in [6, 6.07) is 13.6. The number of likely N-dealkylation sites (tertiary alicyclic amines) is 1. The van der Waals surface area contributed by atoms with Gasteiger partial charge in [-0.3, -0.25) is 9.48 Å². The van der Waals surface area contributed by atoms with Gasteiger partial charge in [0.2, 0.25) is 5.91 Å². The Bertz CT molecular complexity index is 852. The highest BCUT2D eigenvalue weighted by atomic mass is 35.5. The van der Waals surface area contributed by atoms with E-state index in [1.54, 1.807) is 0 Å². The number of benzene rings is 1. The Balaban J connectivity index is 0.00000289. The number of nitrogens with one attached hydrogen (secondary N) is 1. The molecule has 176 valence electrons. The first-order chi connectivity index (χ1) is 15.0. The Morgan fingerprint density at radius 2 is 1.81 bits per heavy atom. The van der Waals surface area contributed by atoms with Crippen LogP contribution < -0.4 is 5.32 Å². The third kappa shape index (κ3) is 6.14. The van der Waals surface area contributed by atoms with Crippen molar-refractivity contribution in [3.63, 3.8) is 0 Å². The Morgan fingerprint density at radius 3 is 2.44 bits per heavy atom. The molecule has 1 aliphatic carbocycles. The van der Waals surface area contributed by atoms with Crippen LogP contribution in [0.5, 0.6) is 0 Å². The van der Waals surface area contributed by atoms with Crippen LogP contribution in [-0.2, 0) is 16.8 Å². The third-order valence-corrected chi connectivity index (χ3v) is 7.30. The molecule has 0 radical (unpaired) electrons. The van der Waals surface area contributed by atoms with E-state index in [9.17, 15) is 4.79 Å². The summed E-state index contributed by atoms with van der Waals surface area (Å²) in [5, 5.41) is 7.77. The molecular formula is C26H39ClN4O. The highest BCUT2D eigenvalue weighted by Gasteiger charge is 2.37. The molecule has 32 heavy (non-hydrogen) atoms. The van der Waals surface area contributed by atoms with Crippen molar-refractivity contribution in [1.29, 1.82) is 0 Å². The number of nitrogens with zero attached hydrogens (tertiary/aromatic N) is 3. The average molecular weight is 459 g/mol. The summed E-state index contributed by atoms with van der Waals surface area (Å²) in [7, 11) is 0. The number of carbonyl (C=O) groups excluding carboxylic acids is 1. The first-order valence-corrected chi connectivity index (χ1v) is 12.1. The Morgan fingerprint density at radius 1 is 1.12 bits per heavy atom. The van der Waals surface area contributed by atoms with Crippen LogP contribution in [0.2, 0.25) is 0 Å². The normalized spacial score (nSPS) is 18.9. The highest BCUT2D eigenvalue weighted by molar-refractivity contribution is 5.85. The second kappa shape index (κ2) is 11.3. The van der Waals surface area contributed by atoms with Crippen molar-refractivity contribution in [3.8, 4) is 0 Å². The zero-order valence-corrected chi connectivity index (χ0v) is 20.5. The molecule has 0 bridgehead atoms. The molecule has 1 N–H and O–H groups in total. The number of aromatic nitrogens is 2. The number of halogens is 1. The Kier molecular flexibility index (Phi) is 8.78. The smallest absolute Gasteiger partial charge is 0.220 e. The molecule has 4 rings (SSSR count). The van der Waals surface area contributed by atoms with Crippen molar-refractivity contribution < 1.29 is 4.79 Å². The molecule has 0 unspecified atom stereocenters. The van der Waals surface area contributed by atoms with Crippen molar-refractivity contribution in [3.05, 3.63) is 53.3 Å². The van der Waals surface area contributed by atoms with E-state index in [0.717, 1.165) is 44.6 Å². The maximum atomic E-state index is 12.4. The minimum absolute atomic E-state index is 0. The molecular weight excluding hydrogens is 420 g/mol. The van der Waals surface area contributed by atoms with E-state index in [1.165, 1.54) is 43.5 Å². The van der Waals surface area contributed by atoms with Gasteiger partial charge in [-0.1, -0.05) is 43.2 Å². The van der Waals surface area contributed by atoms with Crippen LogP contribution in [0.3, 0.4) is 0 Å². The van der Waals surface area contributed by atoms with Crippen LogP contribution in [0.1, 0.15) is 68.3 Å². The monoisotopic (exact) mass is 458 g/mol. The number of hydrogen-bond donors (Lipinski definition) is 1. The van der Waals surface area contributed by atoms with Crippen molar-refractivity contribution in [1.82, 2.24) is 20.0 Å². The largest absolute Gasteiger partial charge is 0.353 e. The molecule has 1 aromatic carbocycles. The number of carbonyl (C=O) groups is 1. The van der Waals surface area contributed by atoms with E-state index in [4.69, 9.17) is 0 Å². The predicted molar refractivity (Wildman–Crippen MR) is 132 cm³/mol. The van der Waals surface area contributed by atoms with Gasteiger partial charge in [0.15, 0.2) is 0 Å². The van der Waals surface area contributed by atoms with Crippen molar-refractivity contribution in [2.75, 3.05) is 19.6 Å². The zero-order chi connectivity index (χ0) is 21.7. The summed E-state index contributed by atoms with van der Waals surface area (Å²) < 4.78 is 2.01. The van der Waals surface area contributed by atoms with Gasteiger partial charge >= 0.3 is 0 Å². The van der Waals surface area contributed by atoms with Crippen molar-refractivity contribution >= 4 is 18.3 Å². The molecule has 2 aromatic rings. The van der Waals surface area contributed by atoms with Gasteiger partial charge in [0.05, 0.1) is 5.69 Å². The molecule has 6 heteroatoms. The van der Waals surface area contributed by atoms with Crippen molar-refractivity contribution in [2.45, 2.75) is 83.2 Å². The number of hydrogen-bond acceptors (Lipinski definition) is 3. The van der Waals surface area contributed by atoms with Crippen LogP contribution in [0.25, 0.3) is 0 Å². The lowest BCUT2D eigenvalue weighted by Crippen LogP contribution is -2.48. The number of aryl methyl sites for hydroxylation is 3. The van der Waals surface area contributed by atoms with Crippen LogP contribution in [0, 0.1) is 13.8 Å². The lowest BCUT2D eigenvalue weighted by Gasteiger charge is -2.39. The number of rotatable bonds is 8. The van der Waals surface area contributed by atoms with Crippen LogP contribution in [-0.4, -0.2) is 46.3 Å². The summed E-state index contributed by atoms with van der Waals surface area (Å²) in [5.74, 6) is 0.191. The van der Waals surface area contributed by atoms with E-state index < -0.39 is 0 Å². The van der Waals surface area contributed by atoms with Gasteiger partial charge in [-0.05, 0) is 57.6 Å². The van der Waals surface area contributed by atoms with Crippen molar-refractivity contribution in [2.24, 2.45) is 0 Å². The first kappa shape index (κ1) is 24.8. The summed E-state index contributed by atoms with van der Waals surface area (Å²) in [4.78, 5) is 15.1. The minimum atomic E-state index is 0. The number of amides is 1. The van der Waals surface area contributed by atoms with Gasteiger partial charge in [-0.2, -0.15) is 5.10 Å². The molecule has 1 aromatic heterocycles. The summed E-state index contributed by atoms with van der Waals surface area (Å²) in [6.07, 6.45) is 8.86. The minimum Gasteiger partial charge on any atom is -0.353 e. The van der Waals surface area contributed by atoms with E-state index in [2.05, 4.69) is 58.6 Å². The molecule has 0 spiro atoms. The lowest BCUT2D eigenvalue weighted by molar-refractivity contribution is -0.122. The van der Waals surface area contributed by atoms with E-state index in [-0.39, 0.29) is 18.3 Å². The van der Waals surface area contributed by atoms with E-state index in [0.29, 0.717) is 17.9 Å². The molecule has 1 amide bonds. The fraction of sp³-hybridized carbons (Fsp3) is 0.615. The highest BCUT2D eigenvalue weighted by Crippen LogP contribution is 2.42. The zero-order valence-electron chi connectivity index (χ0n) is 19.7. The second-order valence-electron chi connectivity index (χ2n) is 9.73. The molecule has 2 fully saturated rings. The Labute approximate surface area is 199 Å². The third-order valence-electron chi connectivity index (χ3n) is 7.30. The predicted octanol–water partition coefficient (Wildman–Crippen LogP) is 4.79. The van der Waals surface area contributed by atoms with E-state index in [1.807, 2.05) is 11.6 Å². The van der Waals surface area contributed by atoms with Gasteiger partial charge in [0, 0.05) is 49.8 Å². The fourth-order valence-electron chi connectivity index (χ4n) is 5.64. The quantitative estimate of drug-likeness (QED) is 0.618. The van der Waals surface area contributed by atoms with Gasteiger partial charge in [-0.15, -0.1) is 12.4 Å². The summed E-state index contributed by atoms with van der Waals surface area (Å²) in [5.41, 5.74) is 4.06. The molecule has 1 saturated carbocycles. The van der Waals surface area contributed by atoms with Gasteiger partial charge in [-0.25, -0.2) is 0 Å². The second-order valence-corrected chi connectivity index (χ2v) is 9.73. The van der Waals surface area contributed by atoms with Crippen LogP contribution in [0.4, 0.5) is 0 Å². The van der Waals surface area contributed by atoms with Gasteiger partial charge < -0.3 is 10.2 Å². The lowest BCUT2D eigenvalue weighted by atomic mass is 9.78. The van der Waals surface area contributed by atoms with Crippen LogP contribution in [0.15, 0.2) is 36.4 Å².